The Bertz CT molecular complexity index is 609. The fourth-order valence-electron chi connectivity index (χ4n) is 0.968. The van der Waals surface area contributed by atoms with E-state index in [1.54, 1.807) is 12.3 Å². The molecule has 0 atom stereocenters. The molecule has 2 rings (SSSR count). The molecule has 114 valence electrons. The Hall–Kier alpha value is -2.04. The number of carbonyl (C=O) groups is 1. The topological polar surface area (TPSA) is 89.1 Å². The Kier molecular flexibility index (Phi) is 6.21. The van der Waals surface area contributed by atoms with E-state index in [-0.39, 0.29) is 5.89 Å². The Morgan fingerprint density at radius 2 is 1.86 bits per heavy atom. The van der Waals surface area contributed by atoms with Crippen LogP contribution in [0.15, 0.2) is 27.3 Å². The first-order valence-corrected chi connectivity index (χ1v) is 5.84. The number of aromatic nitrogens is 3. The van der Waals surface area contributed by atoms with E-state index in [1.165, 1.54) is 6.20 Å². The minimum Gasteiger partial charge on any atom is -0.477 e. The summed E-state index contributed by atoms with van der Waals surface area (Å²) < 4.78 is 50.9. The second-order valence-electron chi connectivity index (χ2n) is 3.28. The molecule has 2 aromatic heterocycles. The van der Waals surface area contributed by atoms with Gasteiger partial charge in [0.15, 0.2) is 0 Å². The van der Waals surface area contributed by atoms with Crippen LogP contribution in [0.4, 0.5) is 17.6 Å². The second kappa shape index (κ2) is 7.67. The van der Waals surface area contributed by atoms with Crippen molar-refractivity contribution >= 4 is 21.9 Å². The van der Waals surface area contributed by atoms with Gasteiger partial charge in [-0.1, -0.05) is 0 Å². The first-order chi connectivity index (χ1) is 9.81. The standard InChI is InChI=1S/C8H4BrF2N3O.C2H2F2O2/c9-5-1-4(2-12-3-5)7-13-14-8(15-7)6(10)11;3-1(4)2(5)6/h1-3,6H;1H,(H,5,6). The summed E-state index contributed by atoms with van der Waals surface area (Å²) in [6.07, 6.45) is -2.97. The summed E-state index contributed by atoms with van der Waals surface area (Å²) in [6, 6.07) is 1.65. The number of carboxylic acids is 1. The molecule has 1 N–H and O–H groups in total. The summed E-state index contributed by atoms with van der Waals surface area (Å²) in [5, 5.41) is 13.9. The minimum absolute atomic E-state index is 0.0269. The van der Waals surface area contributed by atoms with Crippen molar-refractivity contribution < 1.29 is 31.9 Å². The van der Waals surface area contributed by atoms with Crippen molar-refractivity contribution in [3.05, 3.63) is 28.8 Å². The van der Waals surface area contributed by atoms with Gasteiger partial charge in [0.05, 0.1) is 5.56 Å². The molecular formula is C10H6BrF4N3O3. The monoisotopic (exact) mass is 371 g/mol. The van der Waals surface area contributed by atoms with Crippen LogP contribution >= 0.6 is 15.9 Å². The molecule has 0 amide bonds. The van der Waals surface area contributed by atoms with Crippen molar-refractivity contribution in [1.29, 1.82) is 0 Å². The fraction of sp³-hybridized carbons (Fsp3) is 0.200. The number of hydrogen-bond donors (Lipinski definition) is 1. The first kappa shape index (κ1) is 17.0. The third kappa shape index (κ3) is 5.45. The number of hydrogen-bond acceptors (Lipinski definition) is 5. The van der Waals surface area contributed by atoms with Crippen molar-refractivity contribution in [2.24, 2.45) is 0 Å². The summed E-state index contributed by atoms with van der Waals surface area (Å²) in [5.74, 6) is -2.74. The number of pyridine rings is 1. The Balaban J connectivity index is 0.000000315. The van der Waals surface area contributed by atoms with Crippen LogP contribution < -0.4 is 0 Å². The van der Waals surface area contributed by atoms with Crippen LogP contribution in [0.2, 0.25) is 0 Å². The van der Waals surface area contributed by atoms with Gasteiger partial charge in [0.25, 0.3) is 5.89 Å². The van der Waals surface area contributed by atoms with E-state index in [1.807, 2.05) is 0 Å². The number of carboxylic acid groups (broad SMARTS) is 1. The third-order valence-electron chi connectivity index (χ3n) is 1.77. The summed E-state index contributed by atoms with van der Waals surface area (Å²) in [6.45, 7) is 0. The van der Waals surface area contributed by atoms with Gasteiger partial charge < -0.3 is 9.52 Å². The van der Waals surface area contributed by atoms with E-state index in [9.17, 15) is 17.6 Å². The molecule has 0 fully saturated rings. The zero-order valence-corrected chi connectivity index (χ0v) is 11.5. The van der Waals surface area contributed by atoms with E-state index in [0.29, 0.717) is 10.0 Å². The van der Waals surface area contributed by atoms with E-state index in [2.05, 4.69) is 31.1 Å². The number of halogens is 5. The molecule has 0 bridgehead atoms. The number of nitrogens with zero attached hydrogens (tertiary/aromatic N) is 3. The largest absolute Gasteiger partial charge is 0.477 e. The van der Waals surface area contributed by atoms with Gasteiger partial charge in [-0.2, -0.15) is 17.6 Å². The molecule has 21 heavy (non-hydrogen) atoms. The molecular weight excluding hydrogens is 366 g/mol. The maximum atomic E-state index is 12.2. The minimum atomic E-state index is -3.23. The van der Waals surface area contributed by atoms with Gasteiger partial charge in [-0.15, -0.1) is 10.2 Å². The van der Waals surface area contributed by atoms with Crippen molar-refractivity contribution in [1.82, 2.24) is 15.2 Å². The number of rotatable bonds is 3. The first-order valence-electron chi connectivity index (χ1n) is 5.04. The van der Waals surface area contributed by atoms with E-state index in [4.69, 9.17) is 14.3 Å². The molecule has 0 aliphatic rings. The molecule has 0 aliphatic heterocycles. The summed E-state index contributed by atoms with van der Waals surface area (Å²) in [4.78, 5) is 12.8. The fourth-order valence-corrected chi connectivity index (χ4v) is 1.33. The van der Waals surface area contributed by atoms with Gasteiger partial charge in [0.2, 0.25) is 5.89 Å². The second-order valence-corrected chi connectivity index (χ2v) is 4.19. The van der Waals surface area contributed by atoms with Crippen LogP contribution in [0.1, 0.15) is 12.3 Å². The molecule has 0 spiro atoms. The average molecular weight is 372 g/mol. The van der Waals surface area contributed by atoms with Crippen LogP contribution in [0.3, 0.4) is 0 Å². The molecule has 0 aliphatic carbocycles. The lowest BCUT2D eigenvalue weighted by Crippen LogP contribution is -2.06. The SMILES string of the molecule is FC(F)c1nnc(-c2cncc(Br)c2)o1.O=C(O)C(F)F. The molecule has 6 nitrogen and oxygen atoms in total. The summed E-state index contributed by atoms with van der Waals surface area (Å²) in [5.41, 5.74) is 0.490. The highest BCUT2D eigenvalue weighted by molar-refractivity contribution is 9.10. The van der Waals surface area contributed by atoms with Crippen LogP contribution in [0, 0.1) is 0 Å². The van der Waals surface area contributed by atoms with Crippen LogP contribution in [-0.4, -0.2) is 32.7 Å². The summed E-state index contributed by atoms with van der Waals surface area (Å²) in [7, 11) is 0. The Morgan fingerprint density at radius 3 is 2.29 bits per heavy atom. The Labute approximate surface area is 122 Å². The molecule has 0 saturated heterocycles. The van der Waals surface area contributed by atoms with Crippen LogP contribution in [0.5, 0.6) is 0 Å². The lowest BCUT2D eigenvalue weighted by Gasteiger charge is -1.94. The molecule has 0 unspecified atom stereocenters. The predicted octanol–water partition coefficient (Wildman–Crippen LogP) is 3.17. The zero-order chi connectivity index (χ0) is 16.0. The average Bonchev–Trinajstić information content (AvgIpc) is 2.89. The summed E-state index contributed by atoms with van der Waals surface area (Å²) >= 11 is 3.19. The van der Waals surface area contributed by atoms with E-state index in [0.717, 1.165) is 0 Å². The molecule has 0 aromatic carbocycles. The van der Waals surface area contributed by atoms with Crippen LogP contribution in [0.25, 0.3) is 11.5 Å². The van der Waals surface area contributed by atoms with Gasteiger partial charge in [-0.05, 0) is 22.0 Å². The van der Waals surface area contributed by atoms with Gasteiger partial charge in [-0.3, -0.25) is 4.98 Å². The quantitative estimate of drug-likeness (QED) is 0.833. The van der Waals surface area contributed by atoms with Gasteiger partial charge >= 0.3 is 18.8 Å². The third-order valence-corrected chi connectivity index (χ3v) is 2.20. The highest BCUT2D eigenvalue weighted by Crippen LogP contribution is 2.24. The normalized spacial score (nSPS) is 10.4. The van der Waals surface area contributed by atoms with E-state index >= 15 is 0 Å². The molecule has 2 aromatic rings. The van der Waals surface area contributed by atoms with Crippen LogP contribution in [-0.2, 0) is 4.79 Å². The van der Waals surface area contributed by atoms with Gasteiger partial charge in [0.1, 0.15) is 0 Å². The van der Waals surface area contributed by atoms with Crippen molar-refractivity contribution in [2.45, 2.75) is 12.9 Å². The maximum absolute atomic E-state index is 12.2. The van der Waals surface area contributed by atoms with E-state index < -0.39 is 24.7 Å². The molecule has 0 saturated carbocycles. The number of alkyl halides is 4. The predicted molar refractivity (Wildman–Crippen MR) is 63.8 cm³/mol. The van der Waals surface area contributed by atoms with Gasteiger partial charge in [0, 0.05) is 16.9 Å². The maximum Gasteiger partial charge on any atom is 0.371 e. The van der Waals surface area contributed by atoms with Crippen molar-refractivity contribution in [3.63, 3.8) is 0 Å². The highest BCUT2D eigenvalue weighted by Gasteiger charge is 2.17. The highest BCUT2D eigenvalue weighted by atomic mass is 79.9. The molecule has 11 heteroatoms. The Morgan fingerprint density at radius 1 is 1.24 bits per heavy atom. The lowest BCUT2D eigenvalue weighted by atomic mass is 10.3. The molecule has 0 radical (unpaired) electrons. The smallest absolute Gasteiger partial charge is 0.371 e. The van der Waals surface area contributed by atoms with Crippen molar-refractivity contribution in [3.8, 4) is 11.5 Å². The lowest BCUT2D eigenvalue weighted by molar-refractivity contribution is -0.149. The molecule has 2 heterocycles. The van der Waals surface area contributed by atoms with Crippen molar-refractivity contribution in [2.75, 3.05) is 0 Å². The zero-order valence-electron chi connectivity index (χ0n) is 9.88. The number of aliphatic carboxylic acids is 1. The van der Waals surface area contributed by atoms with Gasteiger partial charge in [-0.25, -0.2) is 4.79 Å².